The fourth-order valence-corrected chi connectivity index (χ4v) is 1.05. The van der Waals surface area contributed by atoms with Gasteiger partial charge in [0.15, 0.2) is 0 Å². The summed E-state index contributed by atoms with van der Waals surface area (Å²) in [5, 5.41) is -1.32. The van der Waals surface area contributed by atoms with Crippen molar-refractivity contribution in [1.29, 1.82) is 0 Å². The second-order valence-corrected chi connectivity index (χ2v) is 5.03. The Morgan fingerprint density at radius 3 is 2.36 bits per heavy atom. The Kier molecular flexibility index (Phi) is 11.2. The molecule has 0 aromatic rings. The van der Waals surface area contributed by atoms with E-state index in [-0.39, 0.29) is 0 Å². The van der Waals surface area contributed by atoms with E-state index in [9.17, 15) is 0 Å². The molecule has 0 aromatic carbocycles. The van der Waals surface area contributed by atoms with Crippen LogP contribution in [0.3, 0.4) is 0 Å². The molecule has 14 heteroatoms. The third kappa shape index (κ3) is 7.97. The molecular weight excluding hydrogens is 547 g/mol. The summed E-state index contributed by atoms with van der Waals surface area (Å²) < 4.78 is 13.7. The van der Waals surface area contributed by atoms with E-state index < -0.39 is 27.1 Å². The summed E-state index contributed by atoms with van der Waals surface area (Å²) in [6.07, 6.45) is 0. The molecule has 1 unspecified atom stereocenters. The van der Waals surface area contributed by atoms with Crippen LogP contribution in [0, 0.1) is 0 Å². The summed E-state index contributed by atoms with van der Waals surface area (Å²) in [7, 11) is 0. The van der Waals surface area contributed by atoms with Gasteiger partial charge in [-0.05, 0) is 0 Å². The molecule has 0 amide bonds. The van der Waals surface area contributed by atoms with Crippen LogP contribution in [0.5, 0.6) is 0 Å². The molecule has 0 saturated carbocycles. The van der Waals surface area contributed by atoms with Crippen molar-refractivity contribution in [2.45, 2.75) is 0 Å². The second-order valence-electron chi connectivity index (χ2n) is 1.27. The van der Waals surface area contributed by atoms with Gasteiger partial charge in [-0.1, -0.05) is 0 Å². The molecule has 0 saturated heterocycles. The minimum absolute atomic E-state index is 0.951. The van der Waals surface area contributed by atoms with Crippen molar-refractivity contribution in [3.05, 3.63) is 0 Å². The Bertz CT molecular complexity index is 139. The van der Waals surface area contributed by atoms with Crippen LogP contribution < -0.4 is 45.1 Å². The molecule has 1 atom stereocenters. The molecule has 0 heterocycles. The molecule has 0 aliphatic rings. The van der Waals surface area contributed by atoms with E-state index in [0.717, 1.165) is 0 Å². The molecule has 0 rings (SSSR count). The van der Waals surface area contributed by atoms with Crippen LogP contribution in [-0.4, -0.2) is 5.08 Å². The Balaban J connectivity index is 3.63. The van der Waals surface area contributed by atoms with Crippen molar-refractivity contribution in [2.75, 3.05) is 0 Å². The molecule has 0 bridgehead atoms. The SMILES string of the molecule is NONO[N+](N)(OI)ONO[I-]OI. The van der Waals surface area contributed by atoms with Crippen LogP contribution in [-0.2, 0) is 22.5 Å². The van der Waals surface area contributed by atoms with Gasteiger partial charge in [-0.25, -0.2) is 0 Å². The van der Waals surface area contributed by atoms with Crippen molar-refractivity contribution < 1.29 is 49.7 Å². The van der Waals surface area contributed by atoms with Crippen molar-refractivity contribution in [3.8, 4) is 0 Å². The van der Waals surface area contributed by atoms with Gasteiger partial charge in [-0.3, -0.25) is 0 Å². The summed E-state index contributed by atoms with van der Waals surface area (Å²) in [6.45, 7) is 0. The van der Waals surface area contributed by atoms with Gasteiger partial charge in [0.25, 0.3) is 0 Å². The Morgan fingerprint density at radius 2 is 1.86 bits per heavy atom. The van der Waals surface area contributed by atoms with E-state index in [2.05, 4.69) is 28.4 Å². The Hall–Kier alpha value is 1.75. The Labute approximate surface area is 118 Å². The van der Waals surface area contributed by atoms with Crippen LogP contribution in [0.15, 0.2) is 0 Å². The Morgan fingerprint density at radius 1 is 1.21 bits per heavy atom. The van der Waals surface area contributed by atoms with Gasteiger partial charge in [0.05, 0.1) is 0 Å². The molecule has 6 N–H and O–H groups in total. The number of nitrogens with zero attached hydrogens (tertiary/aromatic N) is 1. The molecule has 14 heavy (non-hydrogen) atoms. The molecule has 11 nitrogen and oxygen atoms in total. The number of hydrogen-bond donors (Lipinski definition) is 4. The van der Waals surface area contributed by atoms with Crippen LogP contribution in [0.25, 0.3) is 0 Å². The van der Waals surface area contributed by atoms with Gasteiger partial charge in [0.2, 0.25) is 0 Å². The normalized spacial score (nSPS) is 15.7. The van der Waals surface area contributed by atoms with Gasteiger partial charge in [0, 0.05) is 0 Å². The number of hydrogen-bond acceptors (Lipinski definition) is 10. The summed E-state index contributed by atoms with van der Waals surface area (Å²) >= 11 is 2.12. The quantitative estimate of drug-likeness (QED) is 0.0735. The van der Waals surface area contributed by atoms with E-state index in [0.29, 0.717) is 0 Å². The third-order valence-corrected chi connectivity index (χ3v) is 2.52. The van der Waals surface area contributed by atoms with Crippen LogP contribution >= 0.6 is 46.0 Å². The van der Waals surface area contributed by atoms with E-state index in [1.54, 1.807) is 28.6 Å². The number of nitrogens with two attached hydrogens (primary N) is 2. The standard InChI is InChI=1S/H6I3N5O6/c1-9-3-11-6-13-8(4,10-2)14-7-12-5/h6-7H,4-5H2. The molecule has 0 spiro atoms. The zero-order valence-corrected chi connectivity index (χ0v) is 12.7. The number of halogens is 3. The number of rotatable bonds is 9. The first-order valence-corrected chi connectivity index (χ1v) is 6.00. The maximum absolute atomic E-state index is 5.26. The second kappa shape index (κ2) is 9.94. The van der Waals surface area contributed by atoms with Crippen LogP contribution in [0.4, 0.5) is 0 Å². The van der Waals surface area contributed by atoms with Crippen LogP contribution in [0.2, 0.25) is 0 Å². The van der Waals surface area contributed by atoms with Crippen molar-refractivity contribution in [3.63, 3.8) is 0 Å². The van der Waals surface area contributed by atoms with Gasteiger partial charge in [0.1, 0.15) is 0 Å². The first-order chi connectivity index (χ1) is 6.68. The molecule has 88 valence electrons. The van der Waals surface area contributed by atoms with Gasteiger partial charge >= 0.3 is 119 Å². The predicted molar refractivity (Wildman–Crippen MR) is 49.5 cm³/mol. The van der Waals surface area contributed by atoms with Gasteiger partial charge in [-0.2, -0.15) is 0 Å². The predicted octanol–water partition coefficient (Wildman–Crippen LogP) is -4.15. The van der Waals surface area contributed by atoms with Crippen LogP contribution in [0.1, 0.15) is 0 Å². The average molecular weight is 553 g/mol. The summed E-state index contributed by atoms with van der Waals surface area (Å²) in [5.41, 5.74) is 3.69. The molecule has 0 aliphatic carbocycles. The molecule has 0 aromatic heterocycles. The zero-order chi connectivity index (χ0) is 10.9. The fourth-order valence-electron chi connectivity index (χ4n) is 0.211. The molecular formula is H6I3N5O6. The van der Waals surface area contributed by atoms with E-state index in [1.165, 1.54) is 23.0 Å². The summed E-state index contributed by atoms with van der Waals surface area (Å²) in [4.78, 5) is 12.8. The minimum atomic E-state index is -1.32. The summed E-state index contributed by atoms with van der Waals surface area (Å²) in [5.74, 6) is 9.84. The fraction of sp³-hybridized carbons (Fsp3) is 0. The third-order valence-electron chi connectivity index (χ3n) is 0.560. The molecule has 0 fully saturated rings. The zero-order valence-electron chi connectivity index (χ0n) is 6.19. The van der Waals surface area contributed by atoms with Crippen molar-refractivity contribution >= 4 is 46.0 Å². The number of quaternary nitrogens is 1. The summed E-state index contributed by atoms with van der Waals surface area (Å²) in [6, 6.07) is 0. The molecule has 0 radical (unpaired) electrons. The molecule has 0 aliphatic heterocycles. The van der Waals surface area contributed by atoms with E-state index >= 15 is 0 Å². The first-order valence-electron chi connectivity index (χ1n) is 2.48. The monoisotopic (exact) mass is 553 g/mol. The van der Waals surface area contributed by atoms with Crippen molar-refractivity contribution in [2.24, 2.45) is 11.7 Å². The topological polar surface area (TPSA) is 131 Å². The number of nitrogens with one attached hydrogen (secondary N) is 2. The van der Waals surface area contributed by atoms with Gasteiger partial charge in [-0.15, -0.1) is 0 Å². The van der Waals surface area contributed by atoms with E-state index in [4.69, 9.17) is 5.84 Å². The first kappa shape index (κ1) is 15.8. The maximum atomic E-state index is 5.26. The van der Waals surface area contributed by atoms with E-state index in [1.807, 2.05) is 5.64 Å². The van der Waals surface area contributed by atoms with Crippen molar-refractivity contribution in [1.82, 2.24) is 11.3 Å². The van der Waals surface area contributed by atoms with Gasteiger partial charge < -0.3 is 0 Å². The average Bonchev–Trinajstić information content (AvgIpc) is 2.22.